The van der Waals surface area contributed by atoms with Gasteiger partial charge in [-0.25, -0.2) is 19.8 Å². The Morgan fingerprint density at radius 2 is 0.612 bits per heavy atom. The third-order valence-electron chi connectivity index (χ3n) is 28.4. The number of benzene rings is 16. The van der Waals surface area contributed by atoms with E-state index in [1.807, 2.05) is 61.2 Å². The third-order valence-corrected chi connectivity index (χ3v) is 28.4. The summed E-state index contributed by atoms with van der Waals surface area (Å²) in [6, 6.07) is 132. The van der Waals surface area contributed by atoms with Gasteiger partial charge in [-0.2, -0.15) is 4.98 Å². The van der Waals surface area contributed by atoms with E-state index in [0.717, 1.165) is 83.4 Å². The summed E-state index contributed by atoms with van der Waals surface area (Å²) in [4.78, 5) is 33.3. The Bertz CT molecular complexity index is 10700. The molecule has 0 bridgehead atoms. The van der Waals surface area contributed by atoms with Crippen LogP contribution in [0.25, 0.3) is 279 Å². The van der Waals surface area contributed by atoms with Gasteiger partial charge >= 0.3 is 0 Å². The average molecular weight is 1710 g/mol. The minimum atomic E-state index is 0.549. The van der Waals surface area contributed by atoms with Gasteiger partial charge < -0.3 is 26.9 Å². The zero-order valence-corrected chi connectivity index (χ0v) is 71.4. The Morgan fingerprint density at radius 1 is 0.224 bits per heavy atom. The van der Waals surface area contributed by atoms with Crippen molar-refractivity contribution in [3.05, 3.63) is 419 Å². The zero-order valence-electron chi connectivity index (χ0n) is 71.4. The van der Waals surface area contributed by atoms with Crippen LogP contribution in [0.1, 0.15) is 0 Å². The molecule has 0 atom stereocenters. The monoisotopic (exact) mass is 1710 g/mol. The van der Waals surface area contributed by atoms with Gasteiger partial charge in [0.05, 0.1) is 153 Å². The number of rotatable bonds is 6. The van der Waals surface area contributed by atoms with Crippen molar-refractivity contribution in [1.82, 2.24) is 65.9 Å². The fourth-order valence-electron chi connectivity index (χ4n) is 23.2. The van der Waals surface area contributed by atoms with E-state index in [0.29, 0.717) is 17.3 Å². The fraction of sp³-hybridized carbons (Fsp3) is 0. The number of hydrogen-bond acceptors (Lipinski definition) is 6. The van der Waals surface area contributed by atoms with Gasteiger partial charge in [-0.15, -0.1) is 0 Å². The summed E-state index contributed by atoms with van der Waals surface area (Å²) in [6.45, 7) is 7.59. The molecule has 0 aliphatic heterocycles. The summed E-state index contributed by atoms with van der Waals surface area (Å²) >= 11 is 0. The summed E-state index contributed by atoms with van der Waals surface area (Å²) in [5.74, 6) is 1.44. The van der Waals surface area contributed by atoms with E-state index in [9.17, 15) is 0 Å². The first-order valence-electron chi connectivity index (χ1n) is 45.2. The molecule has 0 radical (unpaired) electrons. The van der Waals surface area contributed by atoms with Crippen LogP contribution in [0.3, 0.4) is 0 Å². The number of fused-ring (bicyclic) bond motifs is 37. The van der Waals surface area contributed by atoms with E-state index in [1.54, 1.807) is 6.20 Å². The summed E-state index contributed by atoms with van der Waals surface area (Å²) in [7, 11) is 0. The third kappa shape index (κ3) is 9.69. The molecule has 32 aromatic rings. The first-order chi connectivity index (χ1) is 66.5. The first-order valence-corrected chi connectivity index (χ1v) is 45.2. The quantitative estimate of drug-likeness (QED) is 0.153. The van der Waals surface area contributed by atoms with E-state index >= 15 is 0 Å². The van der Waals surface area contributed by atoms with Crippen molar-refractivity contribution in [3.8, 4) is 40.1 Å². The van der Waals surface area contributed by atoms with Crippen LogP contribution in [0.4, 0.5) is 5.69 Å². The predicted molar refractivity (Wildman–Crippen MR) is 551 cm³/mol. The highest BCUT2D eigenvalue weighted by Gasteiger charge is 2.31. The Morgan fingerprint density at radius 3 is 1.12 bits per heavy atom. The second kappa shape index (κ2) is 27.2. The lowest BCUT2D eigenvalue weighted by Crippen LogP contribution is -2.04. The van der Waals surface area contributed by atoms with Crippen LogP contribution < -0.4 is 0 Å². The minimum Gasteiger partial charge on any atom is -0.308 e. The van der Waals surface area contributed by atoms with Crippen LogP contribution in [0.15, 0.2) is 407 Å². The molecule has 0 aliphatic carbocycles. The summed E-state index contributed by atoms with van der Waals surface area (Å²) < 4.78 is 19.0. The lowest BCUT2D eigenvalue weighted by atomic mass is 10.0. The SMILES string of the molecule is [C-]#[N+]c1cccc(-c2nc(-n3c4ccccc4c4cc5c6ccccc6n6c7ccccc7c(c43)c56)nc3ncccc23)c1.c1ccc(-n2c3ccccc3c3c(-n4c5ccccc5c5cc6c7ccccc7n7c8ccccc8c(c54)c67)cncc32)cc1.c1ccc2c(c1)c1ccncc1n2-c1ccc(-n2c3ccccc3c3cc4c5ccccc5n5c6ccccc6c(c32)c45)nc1. The van der Waals surface area contributed by atoms with Gasteiger partial charge in [0.2, 0.25) is 5.95 Å². The van der Waals surface area contributed by atoms with Crippen molar-refractivity contribution >= 4 is 240 Å². The molecule has 134 heavy (non-hydrogen) atoms. The zero-order chi connectivity index (χ0) is 87.4. The van der Waals surface area contributed by atoms with Gasteiger partial charge in [-0.05, 0) is 139 Å². The fourth-order valence-corrected chi connectivity index (χ4v) is 23.2. The molecular formula is C119H67N15. The van der Waals surface area contributed by atoms with Crippen LogP contribution in [0.5, 0.6) is 0 Å². The van der Waals surface area contributed by atoms with E-state index in [4.69, 9.17) is 26.5 Å². The molecule has 0 N–H and O–H groups in total. The van der Waals surface area contributed by atoms with Crippen LogP contribution in [0.2, 0.25) is 0 Å². The molecule has 0 saturated heterocycles. The molecule has 16 aromatic carbocycles. The maximum absolute atomic E-state index is 7.59. The highest BCUT2D eigenvalue weighted by molar-refractivity contribution is 6.38. The molecule has 0 aliphatic rings. The van der Waals surface area contributed by atoms with Gasteiger partial charge in [-0.1, -0.05) is 237 Å². The average Bonchev–Trinajstić information content (AvgIpc) is 1.52. The highest BCUT2D eigenvalue weighted by Crippen LogP contribution is 2.52. The Hall–Kier alpha value is -18.7. The molecule has 0 unspecified atom stereocenters. The molecule has 16 heterocycles. The molecule has 32 rings (SSSR count). The largest absolute Gasteiger partial charge is 0.308 e. The topological polar surface area (TPSA) is 120 Å². The smallest absolute Gasteiger partial charge is 0.237 e. The standard InChI is InChI=1S/C41H24N4.C40H23N5.C38H20N6/c1-2-12-25(13-3-1)43-34-20-10-6-16-28(34)38-36(43)23-42-24-37(38)45-33-19-9-5-15-27(33)31-22-30-26-14-4-8-18-32(26)44-35-21-11-7-17-29(35)39(40(30)44)41(31)45;1-5-13-32-25(9-1)28-19-20-41-23-36(28)43(32)24-17-18-37(42-22-24)45-34-15-7-3-11-27(34)31-21-30-26-10-2-6-14-33(26)44-35-16-8-4-12-29(35)38(39(30)44)40(31)45;1-39-23-11-8-10-22(20-23)34-27-15-9-19-40-37(27)42-38(41-34)44-31-17-6-3-13-25(31)29-21-28-24-12-2-5-16-30(24)43-32-18-7-4-14-26(32)33(35(28)43)36(29)44/h1-24H;1-23H;2-21H. The van der Waals surface area contributed by atoms with Crippen molar-refractivity contribution in [1.29, 1.82) is 0 Å². The molecule has 0 saturated carbocycles. The van der Waals surface area contributed by atoms with Crippen molar-refractivity contribution in [2.45, 2.75) is 0 Å². The van der Waals surface area contributed by atoms with Crippen LogP contribution in [-0.2, 0) is 0 Å². The normalized spacial score (nSPS) is 12.3. The lowest BCUT2D eigenvalue weighted by Gasteiger charge is -2.12. The van der Waals surface area contributed by atoms with Crippen molar-refractivity contribution in [3.63, 3.8) is 0 Å². The van der Waals surface area contributed by atoms with Gasteiger partial charge in [0.15, 0.2) is 11.3 Å². The molecule has 0 fully saturated rings. The first kappa shape index (κ1) is 72.4. The van der Waals surface area contributed by atoms with Crippen molar-refractivity contribution < 1.29 is 0 Å². The second-order valence-corrected chi connectivity index (χ2v) is 35.1. The summed E-state index contributed by atoms with van der Waals surface area (Å²) in [5.41, 5.74) is 28.4. The van der Waals surface area contributed by atoms with Crippen LogP contribution in [0, 0.1) is 6.57 Å². The van der Waals surface area contributed by atoms with Gasteiger partial charge in [0.25, 0.3) is 0 Å². The highest BCUT2D eigenvalue weighted by atomic mass is 15.2. The maximum atomic E-state index is 7.59. The van der Waals surface area contributed by atoms with E-state index in [2.05, 4.69) is 391 Å². The van der Waals surface area contributed by atoms with Crippen LogP contribution >= 0.6 is 0 Å². The minimum absolute atomic E-state index is 0.549. The number of hydrogen-bond donors (Lipinski definition) is 0. The van der Waals surface area contributed by atoms with Gasteiger partial charge in [-0.3, -0.25) is 19.1 Å². The Kier molecular flexibility index (Phi) is 14.7. The molecule has 0 spiro atoms. The van der Waals surface area contributed by atoms with Crippen molar-refractivity contribution in [2.75, 3.05) is 0 Å². The summed E-state index contributed by atoms with van der Waals surface area (Å²) in [6.07, 6.45) is 11.6. The Balaban J connectivity index is 0.0000000960. The molecular weight excluding hydrogens is 1640 g/mol. The number of nitrogens with zero attached hydrogens (tertiary/aromatic N) is 15. The summed E-state index contributed by atoms with van der Waals surface area (Å²) in [5, 5.41) is 28.0. The molecule has 15 nitrogen and oxygen atoms in total. The Labute approximate surface area is 759 Å². The molecule has 618 valence electrons. The van der Waals surface area contributed by atoms with E-state index in [-0.39, 0.29) is 0 Å². The second-order valence-electron chi connectivity index (χ2n) is 35.1. The van der Waals surface area contributed by atoms with Gasteiger partial charge in [0.1, 0.15) is 5.82 Å². The maximum Gasteiger partial charge on any atom is 0.237 e. The van der Waals surface area contributed by atoms with E-state index in [1.165, 1.54) is 179 Å². The number of aromatic nitrogens is 14. The van der Waals surface area contributed by atoms with Crippen LogP contribution in [-0.4, -0.2) is 65.9 Å². The number of pyridine rings is 4. The number of para-hydroxylation sites is 12. The molecule has 16 aromatic heterocycles. The predicted octanol–water partition coefficient (Wildman–Crippen LogP) is 29.7. The van der Waals surface area contributed by atoms with Crippen molar-refractivity contribution in [2.24, 2.45) is 0 Å². The van der Waals surface area contributed by atoms with Gasteiger partial charge in [0, 0.05) is 142 Å². The molecule has 15 heteroatoms. The molecule has 0 amide bonds. The lowest BCUT2D eigenvalue weighted by molar-refractivity contribution is 1.01. The van der Waals surface area contributed by atoms with E-state index < -0.39 is 0 Å².